The lowest BCUT2D eigenvalue weighted by Gasteiger charge is -2.39. The molecule has 1 aliphatic heterocycles. The Balaban J connectivity index is 1.37. The summed E-state index contributed by atoms with van der Waals surface area (Å²) in [5.41, 5.74) is 3.42. The Labute approximate surface area is 230 Å². The van der Waals surface area contributed by atoms with Crippen LogP contribution in [0.1, 0.15) is 22.8 Å². The van der Waals surface area contributed by atoms with Crippen molar-refractivity contribution in [1.82, 2.24) is 24.6 Å². The third kappa shape index (κ3) is 5.65. The number of aromatic nitrogens is 4. The van der Waals surface area contributed by atoms with Crippen LogP contribution in [0.3, 0.4) is 0 Å². The van der Waals surface area contributed by atoms with Gasteiger partial charge in [-0.1, -0.05) is 30.3 Å². The van der Waals surface area contributed by atoms with Crippen LogP contribution in [0, 0.1) is 19.7 Å². The van der Waals surface area contributed by atoms with Crippen molar-refractivity contribution >= 4 is 21.9 Å². The Morgan fingerprint density at radius 1 is 1.12 bits per heavy atom. The molecule has 0 saturated carbocycles. The predicted octanol–water partition coefficient (Wildman–Crippen LogP) is 2.76. The van der Waals surface area contributed by atoms with Gasteiger partial charge < -0.3 is 14.7 Å². The minimum absolute atomic E-state index is 0.0496. The Bertz CT molecular complexity index is 1650. The van der Waals surface area contributed by atoms with E-state index in [9.17, 15) is 22.7 Å². The topological polar surface area (TPSA) is 140 Å². The highest BCUT2D eigenvalue weighted by molar-refractivity contribution is 7.92. The van der Waals surface area contributed by atoms with Crippen LogP contribution >= 0.6 is 0 Å². The van der Waals surface area contributed by atoms with E-state index in [2.05, 4.69) is 19.8 Å². The summed E-state index contributed by atoms with van der Waals surface area (Å²) in [6.45, 7) is 4.20. The number of aliphatic hydroxyl groups is 1. The highest BCUT2D eigenvalue weighted by Crippen LogP contribution is 2.30. The summed E-state index contributed by atoms with van der Waals surface area (Å²) < 4.78 is 48.9. The van der Waals surface area contributed by atoms with Crippen molar-refractivity contribution < 1.29 is 27.4 Å². The van der Waals surface area contributed by atoms with Crippen LogP contribution in [0.4, 0.5) is 10.3 Å². The Kier molecular flexibility index (Phi) is 7.25. The molecule has 1 saturated heterocycles. The summed E-state index contributed by atoms with van der Waals surface area (Å²) in [7, 11) is -2.42. The predicted molar refractivity (Wildman–Crippen MR) is 143 cm³/mol. The third-order valence-corrected chi connectivity index (χ3v) is 7.81. The maximum atomic E-state index is 13.2. The van der Waals surface area contributed by atoms with E-state index < -0.39 is 34.0 Å². The molecule has 40 heavy (non-hydrogen) atoms. The zero-order valence-corrected chi connectivity index (χ0v) is 22.8. The van der Waals surface area contributed by atoms with Gasteiger partial charge in [0.15, 0.2) is 6.10 Å². The number of aryl methyl sites for hydroxylation is 3. The first-order valence-corrected chi connectivity index (χ1v) is 13.8. The summed E-state index contributed by atoms with van der Waals surface area (Å²) in [6.07, 6.45) is 0.697. The second-order valence-corrected chi connectivity index (χ2v) is 11.3. The first-order chi connectivity index (χ1) is 19.0. The number of ether oxygens (including phenoxy) is 1. The highest BCUT2D eigenvalue weighted by atomic mass is 32.2. The van der Waals surface area contributed by atoms with Gasteiger partial charge in [0, 0.05) is 24.9 Å². The number of rotatable bonds is 8. The first kappa shape index (κ1) is 27.2. The van der Waals surface area contributed by atoms with Crippen LogP contribution in [-0.4, -0.2) is 63.3 Å². The smallest absolute Gasteiger partial charge is 0.267 e. The van der Waals surface area contributed by atoms with Crippen molar-refractivity contribution in [2.24, 2.45) is 7.05 Å². The number of benzene rings is 2. The first-order valence-electron chi connectivity index (χ1n) is 12.4. The minimum atomic E-state index is -4.03. The number of hydrogen-bond acceptors (Lipinski definition) is 8. The van der Waals surface area contributed by atoms with Gasteiger partial charge >= 0.3 is 0 Å². The average Bonchev–Trinajstić information content (AvgIpc) is 3.32. The van der Waals surface area contributed by atoms with E-state index in [1.54, 1.807) is 13.1 Å². The van der Waals surface area contributed by atoms with E-state index in [0.717, 1.165) is 16.7 Å². The van der Waals surface area contributed by atoms with E-state index >= 15 is 0 Å². The number of carbonyl (C=O) groups excluding carboxylic acids is 1. The van der Waals surface area contributed by atoms with Crippen molar-refractivity contribution in [2.45, 2.75) is 31.0 Å². The maximum Gasteiger partial charge on any atom is 0.267 e. The van der Waals surface area contributed by atoms with E-state index in [1.165, 1.54) is 46.2 Å². The largest absolute Gasteiger partial charge is 0.470 e. The Morgan fingerprint density at radius 2 is 1.80 bits per heavy atom. The fourth-order valence-corrected chi connectivity index (χ4v) is 5.34. The van der Waals surface area contributed by atoms with Crippen molar-refractivity contribution in [3.63, 3.8) is 0 Å². The number of anilines is 1. The molecule has 2 aromatic heterocycles. The molecule has 0 radical (unpaired) electrons. The van der Waals surface area contributed by atoms with Gasteiger partial charge in [-0.3, -0.25) is 9.48 Å². The van der Waals surface area contributed by atoms with Crippen LogP contribution < -0.4 is 9.46 Å². The molecule has 5 rings (SSSR count). The maximum absolute atomic E-state index is 13.2. The van der Waals surface area contributed by atoms with Crippen molar-refractivity contribution in [1.29, 1.82) is 0 Å². The molecular formula is C27H27FN6O5S. The standard InChI is InChI=1S/C27H27FN6O5S/c1-16-5-4-6-17(2)24(16)22-11-23(31-27(30-22)32-40(37,38)21-12-29-33(3)15-21)39-20-13-34(14-20)26(36)25(35)18-7-9-19(28)10-8-18/h4-12,15,20,25,35H,13-14H2,1-3H3,(H,30,31,32). The molecule has 1 atom stereocenters. The SMILES string of the molecule is Cc1cccc(C)c1-c1cc(OC2CN(C(=O)C(O)c3ccc(F)cc3)C2)nc(NS(=O)(=O)c2cnn(C)c2)n1. The zero-order valence-electron chi connectivity index (χ0n) is 21.9. The number of halogens is 1. The molecule has 11 nitrogen and oxygen atoms in total. The number of aliphatic hydroxyl groups excluding tert-OH is 1. The molecule has 4 aromatic rings. The summed E-state index contributed by atoms with van der Waals surface area (Å²) in [5, 5.41) is 14.3. The van der Waals surface area contributed by atoms with Crippen molar-refractivity contribution in [2.75, 3.05) is 17.8 Å². The van der Waals surface area contributed by atoms with Crippen LogP contribution in [0.25, 0.3) is 11.3 Å². The van der Waals surface area contributed by atoms with Gasteiger partial charge in [0.2, 0.25) is 11.8 Å². The fourth-order valence-electron chi connectivity index (χ4n) is 4.42. The number of likely N-dealkylation sites (tertiary alicyclic amines) is 1. The van der Waals surface area contributed by atoms with E-state index in [1.807, 2.05) is 32.0 Å². The summed E-state index contributed by atoms with van der Waals surface area (Å²) in [4.78, 5) is 22.8. The summed E-state index contributed by atoms with van der Waals surface area (Å²) in [6, 6.07) is 12.5. The van der Waals surface area contributed by atoms with Crippen LogP contribution in [0.5, 0.6) is 5.88 Å². The summed E-state index contributed by atoms with van der Waals surface area (Å²) >= 11 is 0. The summed E-state index contributed by atoms with van der Waals surface area (Å²) in [5.74, 6) is -1.06. The minimum Gasteiger partial charge on any atom is -0.470 e. The van der Waals surface area contributed by atoms with Crippen LogP contribution in [0.15, 0.2) is 65.8 Å². The quantitative estimate of drug-likeness (QED) is 0.332. The van der Waals surface area contributed by atoms with Gasteiger partial charge in [-0.05, 0) is 42.7 Å². The molecule has 1 unspecified atom stereocenters. The molecule has 2 aromatic carbocycles. The Morgan fingerprint density at radius 3 is 2.42 bits per heavy atom. The fraction of sp³-hybridized carbons (Fsp3) is 0.259. The lowest BCUT2D eigenvalue weighted by molar-refractivity contribution is -0.149. The van der Waals surface area contributed by atoms with Crippen LogP contribution in [-0.2, 0) is 21.9 Å². The average molecular weight is 567 g/mol. The van der Waals surface area contributed by atoms with E-state index in [0.29, 0.717) is 5.69 Å². The second-order valence-electron chi connectivity index (χ2n) is 9.57. The van der Waals surface area contributed by atoms with Crippen LogP contribution in [0.2, 0.25) is 0 Å². The second kappa shape index (κ2) is 10.7. The molecule has 1 fully saturated rings. The molecule has 3 heterocycles. The highest BCUT2D eigenvalue weighted by Gasteiger charge is 2.36. The van der Waals surface area contributed by atoms with Gasteiger partial charge in [0.25, 0.3) is 15.9 Å². The molecule has 0 bridgehead atoms. The van der Waals surface area contributed by atoms with Crippen molar-refractivity contribution in [3.8, 4) is 17.1 Å². The number of nitrogens with zero attached hydrogens (tertiary/aromatic N) is 5. The van der Waals surface area contributed by atoms with Gasteiger partial charge in [0.05, 0.1) is 25.0 Å². The molecule has 0 spiro atoms. The number of sulfonamides is 1. The number of nitrogens with one attached hydrogen (secondary N) is 1. The molecule has 1 amide bonds. The molecular weight excluding hydrogens is 539 g/mol. The number of amides is 1. The Hall–Kier alpha value is -4.36. The van der Waals surface area contributed by atoms with Gasteiger partial charge in [-0.25, -0.2) is 22.5 Å². The zero-order chi connectivity index (χ0) is 28.6. The van der Waals surface area contributed by atoms with Gasteiger partial charge in [-0.2, -0.15) is 10.1 Å². The lowest BCUT2D eigenvalue weighted by atomic mass is 10.00. The number of carbonyl (C=O) groups is 1. The monoisotopic (exact) mass is 566 g/mol. The third-order valence-electron chi connectivity index (χ3n) is 6.52. The van der Waals surface area contributed by atoms with E-state index in [4.69, 9.17) is 4.74 Å². The normalized spacial score (nSPS) is 14.5. The van der Waals surface area contributed by atoms with Crippen molar-refractivity contribution in [3.05, 3.63) is 83.4 Å². The lowest BCUT2D eigenvalue weighted by Crippen LogP contribution is -2.57. The molecule has 2 N–H and O–H groups in total. The molecule has 1 aliphatic rings. The molecule has 208 valence electrons. The van der Waals surface area contributed by atoms with E-state index in [-0.39, 0.29) is 35.4 Å². The molecule has 13 heteroatoms. The van der Waals surface area contributed by atoms with Gasteiger partial charge in [0.1, 0.15) is 16.8 Å². The number of hydrogen-bond donors (Lipinski definition) is 2. The van der Waals surface area contributed by atoms with Gasteiger partial charge in [-0.15, -0.1) is 0 Å². The molecule has 0 aliphatic carbocycles.